The first kappa shape index (κ1) is 23.5. The molecule has 0 saturated carbocycles. The molecule has 172 valence electrons. The Hall–Kier alpha value is -4.21. The van der Waals surface area contributed by atoms with Gasteiger partial charge in [-0.1, -0.05) is 0 Å². The Morgan fingerprint density at radius 3 is 2.33 bits per heavy atom. The van der Waals surface area contributed by atoms with Crippen LogP contribution >= 0.6 is 0 Å². The van der Waals surface area contributed by atoms with Gasteiger partial charge < -0.3 is 24.5 Å². The fourth-order valence-electron chi connectivity index (χ4n) is 3.12. The lowest BCUT2D eigenvalue weighted by Gasteiger charge is -2.17. The van der Waals surface area contributed by atoms with E-state index in [-0.39, 0.29) is 28.9 Å². The number of furan rings is 1. The van der Waals surface area contributed by atoms with Gasteiger partial charge in [0.1, 0.15) is 34.5 Å². The van der Waals surface area contributed by atoms with Crippen LogP contribution in [0.1, 0.15) is 42.6 Å². The molecular formula is C23H20F2N2O6. The van der Waals surface area contributed by atoms with Crippen LogP contribution < -0.4 is 5.32 Å². The third-order valence-electron chi connectivity index (χ3n) is 4.72. The molecule has 2 N–H and O–H groups in total. The van der Waals surface area contributed by atoms with E-state index in [2.05, 4.69) is 10.1 Å². The second-order valence-corrected chi connectivity index (χ2v) is 7.18. The summed E-state index contributed by atoms with van der Waals surface area (Å²) < 4.78 is 36.8. The van der Waals surface area contributed by atoms with E-state index in [0.717, 1.165) is 18.2 Å². The van der Waals surface area contributed by atoms with E-state index in [9.17, 15) is 28.3 Å². The van der Waals surface area contributed by atoms with E-state index < -0.39 is 35.2 Å². The van der Waals surface area contributed by atoms with Gasteiger partial charge in [0.05, 0.1) is 19.2 Å². The summed E-state index contributed by atoms with van der Waals surface area (Å²) in [4.78, 5) is 37.9. The number of ether oxygens (including phenoxy) is 1. The number of aryl methyl sites for hydroxylation is 1. The topological polar surface area (TPSA) is 109 Å². The number of rotatable bonds is 6. The Labute approximate surface area is 187 Å². The Balaban J connectivity index is 1.71. The molecule has 2 amide bonds. The van der Waals surface area contributed by atoms with Crippen molar-refractivity contribution in [2.24, 2.45) is 0 Å². The number of esters is 1. The molecule has 8 nitrogen and oxygen atoms in total. The normalized spacial score (nSPS) is 10.6. The van der Waals surface area contributed by atoms with Crippen molar-refractivity contribution in [2.75, 3.05) is 19.5 Å². The molecule has 0 aliphatic carbocycles. The van der Waals surface area contributed by atoms with Crippen molar-refractivity contribution in [2.45, 2.75) is 13.5 Å². The van der Waals surface area contributed by atoms with E-state index >= 15 is 0 Å². The summed E-state index contributed by atoms with van der Waals surface area (Å²) in [5.74, 6) is -3.44. The number of benzene rings is 2. The van der Waals surface area contributed by atoms with Crippen molar-refractivity contribution in [3.05, 3.63) is 82.3 Å². The summed E-state index contributed by atoms with van der Waals surface area (Å²) in [6, 6.07) is 7.64. The number of phenols is 1. The summed E-state index contributed by atoms with van der Waals surface area (Å²) in [5.41, 5.74) is 0.0657. The van der Waals surface area contributed by atoms with Crippen molar-refractivity contribution in [3.63, 3.8) is 0 Å². The summed E-state index contributed by atoms with van der Waals surface area (Å²) in [6.07, 6.45) is 0. The van der Waals surface area contributed by atoms with Crippen LogP contribution in [0.3, 0.4) is 0 Å². The van der Waals surface area contributed by atoms with Gasteiger partial charge in [-0.05, 0) is 37.3 Å². The van der Waals surface area contributed by atoms with Gasteiger partial charge in [-0.3, -0.25) is 9.59 Å². The Bertz CT molecular complexity index is 1220. The number of aromatic hydroxyl groups is 1. The summed E-state index contributed by atoms with van der Waals surface area (Å²) in [7, 11) is 2.72. The number of carbonyl (C=O) groups is 3. The van der Waals surface area contributed by atoms with Gasteiger partial charge in [0.25, 0.3) is 11.8 Å². The van der Waals surface area contributed by atoms with Gasteiger partial charge in [-0.2, -0.15) is 0 Å². The van der Waals surface area contributed by atoms with E-state index in [1.54, 1.807) is 6.92 Å². The number of phenolic OH excluding ortho intramolecular Hbond substituents is 1. The zero-order valence-corrected chi connectivity index (χ0v) is 17.9. The maximum absolute atomic E-state index is 13.3. The molecule has 10 heteroatoms. The first-order chi connectivity index (χ1) is 15.6. The Morgan fingerprint density at radius 2 is 1.73 bits per heavy atom. The van der Waals surface area contributed by atoms with E-state index in [0.29, 0.717) is 17.6 Å². The lowest BCUT2D eigenvalue weighted by atomic mass is 10.1. The highest BCUT2D eigenvalue weighted by molar-refractivity contribution is 6.05. The molecule has 1 heterocycles. The molecule has 3 rings (SSSR count). The molecule has 0 radical (unpaired) electrons. The molecule has 0 spiro atoms. The summed E-state index contributed by atoms with van der Waals surface area (Å²) >= 11 is 0. The lowest BCUT2D eigenvalue weighted by Crippen LogP contribution is -2.26. The van der Waals surface area contributed by atoms with Crippen molar-refractivity contribution in [1.82, 2.24) is 4.90 Å². The minimum Gasteiger partial charge on any atom is -0.507 e. The average Bonchev–Trinajstić information content (AvgIpc) is 3.12. The van der Waals surface area contributed by atoms with Crippen LogP contribution in [-0.2, 0) is 11.3 Å². The van der Waals surface area contributed by atoms with E-state index in [1.807, 2.05) is 0 Å². The van der Waals surface area contributed by atoms with Crippen molar-refractivity contribution in [1.29, 1.82) is 0 Å². The van der Waals surface area contributed by atoms with Crippen LogP contribution in [0, 0.1) is 18.6 Å². The van der Waals surface area contributed by atoms with Gasteiger partial charge in [-0.15, -0.1) is 0 Å². The zero-order chi connectivity index (χ0) is 24.3. The Kier molecular flexibility index (Phi) is 6.76. The van der Waals surface area contributed by atoms with Crippen LogP contribution in [0.2, 0.25) is 0 Å². The van der Waals surface area contributed by atoms with Gasteiger partial charge in [0, 0.05) is 30.4 Å². The molecular weight excluding hydrogens is 438 g/mol. The largest absolute Gasteiger partial charge is 0.507 e. The molecule has 2 aromatic carbocycles. The van der Waals surface area contributed by atoms with Crippen LogP contribution in [0.4, 0.5) is 14.5 Å². The van der Waals surface area contributed by atoms with Crippen LogP contribution in [-0.4, -0.2) is 41.9 Å². The molecule has 0 aliphatic rings. The van der Waals surface area contributed by atoms with Gasteiger partial charge in [0.15, 0.2) is 0 Å². The summed E-state index contributed by atoms with van der Waals surface area (Å²) in [6.45, 7) is 1.61. The third-order valence-corrected chi connectivity index (χ3v) is 4.72. The highest BCUT2D eigenvalue weighted by Crippen LogP contribution is 2.25. The van der Waals surface area contributed by atoms with Crippen molar-refractivity contribution < 1.29 is 37.4 Å². The number of carbonyl (C=O) groups excluding carboxylic acids is 3. The number of amides is 2. The fraction of sp³-hybridized carbons (Fsp3) is 0.174. The minimum absolute atomic E-state index is 0.0136. The van der Waals surface area contributed by atoms with Crippen LogP contribution in [0.5, 0.6) is 5.75 Å². The summed E-state index contributed by atoms with van der Waals surface area (Å²) in [5, 5.41) is 12.7. The van der Waals surface area contributed by atoms with Crippen LogP contribution in [0.25, 0.3) is 0 Å². The molecule has 1 aromatic heterocycles. The average molecular weight is 458 g/mol. The molecule has 3 aromatic rings. The monoisotopic (exact) mass is 458 g/mol. The highest BCUT2D eigenvalue weighted by atomic mass is 19.1. The quantitative estimate of drug-likeness (QED) is 0.543. The first-order valence-electron chi connectivity index (χ1n) is 9.62. The maximum atomic E-state index is 13.3. The lowest BCUT2D eigenvalue weighted by molar-refractivity contribution is 0.0598. The Morgan fingerprint density at radius 1 is 1.06 bits per heavy atom. The number of methoxy groups -OCH3 is 1. The van der Waals surface area contributed by atoms with Crippen molar-refractivity contribution in [3.8, 4) is 5.75 Å². The molecule has 33 heavy (non-hydrogen) atoms. The van der Waals surface area contributed by atoms with Gasteiger partial charge >= 0.3 is 5.97 Å². The second kappa shape index (κ2) is 9.51. The van der Waals surface area contributed by atoms with Crippen molar-refractivity contribution >= 4 is 23.5 Å². The van der Waals surface area contributed by atoms with Gasteiger partial charge in [-0.25, -0.2) is 13.6 Å². The first-order valence-corrected chi connectivity index (χ1v) is 9.62. The molecule has 0 aliphatic heterocycles. The number of halogens is 2. The molecule has 0 saturated heterocycles. The minimum atomic E-state index is -0.905. The number of hydrogen-bond donors (Lipinski definition) is 2. The molecule has 0 unspecified atom stereocenters. The number of anilines is 1. The smallest absolute Gasteiger partial charge is 0.341 e. The third kappa shape index (κ3) is 5.35. The number of nitrogens with zero attached hydrogens (tertiary/aromatic N) is 1. The molecule has 0 atom stereocenters. The number of hydrogen-bond acceptors (Lipinski definition) is 6. The zero-order valence-electron chi connectivity index (χ0n) is 17.9. The van der Waals surface area contributed by atoms with E-state index in [1.165, 1.54) is 37.3 Å². The predicted octanol–water partition coefficient (Wildman–Crippen LogP) is 3.88. The highest BCUT2D eigenvalue weighted by Gasteiger charge is 2.21. The molecule has 0 bridgehead atoms. The molecule has 0 fully saturated rings. The predicted molar refractivity (Wildman–Crippen MR) is 113 cm³/mol. The van der Waals surface area contributed by atoms with E-state index in [4.69, 9.17) is 4.42 Å². The number of nitrogens with one attached hydrogen (secondary N) is 1. The maximum Gasteiger partial charge on any atom is 0.341 e. The standard InChI is InChI=1S/C23H20F2N2O6/c1-12-19(23(31)32-3)10-17(33-12)11-27(2)22(30)18-5-4-16(9-20(18)28)26-21(29)13-6-14(24)8-15(25)7-13/h4-10,28H,11H2,1-3H3,(H,26,29). The fourth-order valence-corrected chi connectivity index (χ4v) is 3.12. The van der Waals surface area contributed by atoms with Crippen LogP contribution in [0.15, 0.2) is 46.9 Å². The SMILES string of the molecule is COC(=O)c1cc(CN(C)C(=O)c2ccc(NC(=O)c3cc(F)cc(F)c3)cc2O)oc1C. The van der Waals surface area contributed by atoms with Gasteiger partial charge in [0.2, 0.25) is 0 Å². The second-order valence-electron chi connectivity index (χ2n) is 7.18.